The maximum atomic E-state index is 7.32. The minimum absolute atomic E-state index is 0.680. The van der Waals surface area contributed by atoms with Crippen molar-refractivity contribution in [2.45, 2.75) is 26.2 Å². The summed E-state index contributed by atoms with van der Waals surface area (Å²) >= 11 is 0. The number of ether oxygens (including phenoxy) is 1. The standard InChI is InChI=1S/C16H18N2O/c1-12-15(17-2)11-14-4-3-7-18(14)16(12)10-13-5-8-19-9-6-13/h3-4,7,11,13H,5-6,8-10H2,1H3. The highest BCUT2D eigenvalue weighted by atomic mass is 16.5. The van der Waals surface area contributed by atoms with Gasteiger partial charge in [0.25, 0.3) is 0 Å². The summed E-state index contributed by atoms with van der Waals surface area (Å²) in [6.45, 7) is 11.1. The fraction of sp³-hybridized carbons (Fsp3) is 0.438. The van der Waals surface area contributed by atoms with Crippen molar-refractivity contribution in [1.82, 2.24) is 4.40 Å². The molecular formula is C16H18N2O. The highest BCUT2D eigenvalue weighted by molar-refractivity contribution is 5.65. The van der Waals surface area contributed by atoms with E-state index < -0.39 is 0 Å². The lowest BCUT2D eigenvalue weighted by molar-refractivity contribution is 0.0661. The molecule has 0 aromatic carbocycles. The van der Waals surface area contributed by atoms with Crippen LogP contribution < -0.4 is 0 Å². The maximum absolute atomic E-state index is 7.32. The van der Waals surface area contributed by atoms with Gasteiger partial charge in [-0.25, -0.2) is 4.85 Å². The van der Waals surface area contributed by atoms with Crippen LogP contribution in [0.5, 0.6) is 0 Å². The lowest BCUT2D eigenvalue weighted by Gasteiger charge is -2.23. The highest BCUT2D eigenvalue weighted by Crippen LogP contribution is 2.29. The molecule has 0 unspecified atom stereocenters. The Morgan fingerprint density at radius 1 is 1.42 bits per heavy atom. The fourth-order valence-corrected chi connectivity index (χ4v) is 2.93. The third kappa shape index (κ3) is 2.24. The second-order valence-electron chi connectivity index (χ2n) is 5.28. The number of aromatic nitrogens is 1. The van der Waals surface area contributed by atoms with Gasteiger partial charge in [0.05, 0.1) is 6.57 Å². The zero-order chi connectivity index (χ0) is 13.2. The molecule has 0 atom stereocenters. The van der Waals surface area contributed by atoms with Gasteiger partial charge >= 0.3 is 0 Å². The zero-order valence-electron chi connectivity index (χ0n) is 11.2. The van der Waals surface area contributed by atoms with Gasteiger partial charge in [0.15, 0.2) is 5.69 Å². The van der Waals surface area contributed by atoms with Crippen molar-refractivity contribution in [1.29, 1.82) is 0 Å². The molecule has 1 fully saturated rings. The Morgan fingerprint density at radius 2 is 2.21 bits per heavy atom. The number of fused-ring (bicyclic) bond motifs is 1. The highest BCUT2D eigenvalue weighted by Gasteiger charge is 2.18. The minimum atomic E-state index is 0.680. The van der Waals surface area contributed by atoms with Crippen LogP contribution in [0.4, 0.5) is 5.69 Å². The Hall–Kier alpha value is -1.79. The normalized spacial score (nSPS) is 16.6. The SMILES string of the molecule is [C-]#[N+]c1cc2cccn2c(CC2CCOCC2)c1C. The molecule has 3 heterocycles. The van der Waals surface area contributed by atoms with E-state index in [0.29, 0.717) is 5.92 Å². The van der Waals surface area contributed by atoms with Crippen molar-refractivity contribution >= 4 is 11.2 Å². The lowest BCUT2D eigenvalue weighted by Crippen LogP contribution is -2.19. The second kappa shape index (κ2) is 5.07. The van der Waals surface area contributed by atoms with Gasteiger partial charge in [-0.3, -0.25) is 0 Å². The number of rotatable bonds is 2. The summed E-state index contributed by atoms with van der Waals surface area (Å²) in [5.74, 6) is 0.680. The summed E-state index contributed by atoms with van der Waals surface area (Å²) in [7, 11) is 0. The molecule has 1 aliphatic rings. The van der Waals surface area contributed by atoms with E-state index in [2.05, 4.69) is 34.5 Å². The van der Waals surface area contributed by atoms with E-state index in [1.165, 1.54) is 5.69 Å². The summed E-state index contributed by atoms with van der Waals surface area (Å²) in [6, 6.07) is 6.10. The second-order valence-corrected chi connectivity index (χ2v) is 5.28. The maximum Gasteiger partial charge on any atom is 0.193 e. The average molecular weight is 254 g/mol. The van der Waals surface area contributed by atoms with Gasteiger partial charge in [-0.15, -0.1) is 0 Å². The van der Waals surface area contributed by atoms with Gasteiger partial charge < -0.3 is 9.14 Å². The summed E-state index contributed by atoms with van der Waals surface area (Å²) in [6.07, 6.45) is 5.41. The number of hydrogen-bond acceptors (Lipinski definition) is 1. The van der Waals surface area contributed by atoms with Crippen LogP contribution in [0, 0.1) is 19.4 Å². The van der Waals surface area contributed by atoms with E-state index in [0.717, 1.165) is 49.2 Å². The Bertz CT molecular complexity index is 630. The first-order valence-corrected chi connectivity index (χ1v) is 6.84. The fourth-order valence-electron chi connectivity index (χ4n) is 2.93. The van der Waals surface area contributed by atoms with E-state index in [-0.39, 0.29) is 0 Å². The molecule has 98 valence electrons. The van der Waals surface area contributed by atoms with Gasteiger partial charge in [-0.2, -0.15) is 0 Å². The number of pyridine rings is 1. The molecule has 2 aromatic rings. The van der Waals surface area contributed by atoms with Crippen LogP contribution in [0.1, 0.15) is 24.1 Å². The van der Waals surface area contributed by atoms with Crippen molar-refractivity contribution in [2.75, 3.05) is 13.2 Å². The number of nitrogens with zero attached hydrogens (tertiary/aromatic N) is 2. The van der Waals surface area contributed by atoms with E-state index >= 15 is 0 Å². The van der Waals surface area contributed by atoms with Crippen molar-refractivity contribution < 1.29 is 4.74 Å². The van der Waals surface area contributed by atoms with Crippen LogP contribution in [0.3, 0.4) is 0 Å². The van der Waals surface area contributed by atoms with Gasteiger partial charge in [-0.1, -0.05) is 0 Å². The molecule has 0 spiro atoms. The van der Waals surface area contributed by atoms with Crippen LogP contribution in [0.15, 0.2) is 24.4 Å². The van der Waals surface area contributed by atoms with Gasteiger partial charge in [0, 0.05) is 30.6 Å². The van der Waals surface area contributed by atoms with Crippen molar-refractivity contribution in [3.63, 3.8) is 0 Å². The predicted octanol–water partition coefficient (Wildman–Crippen LogP) is 3.77. The summed E-state index contributed by atoms with van der Waals surface area (Å²) < 4.78 is 7.67. The van der Waals surface area contributed by atoms with E-state index in [9.17, 15) is 0 Å². The van der Waals surface area contributed by atoms with E-state index in [1.54, 1.807) is 0 Å². The average Bonchev–Trinajstić information content (AvgIpc) is 2.91. The lowest BCUT2D eigenvalue weighted by atomic mass is 9.92. The Kier molecular flexibility index (Phi) is 3.27. The molecule has 0 bridgehead atoms. The quantitative estimate of drug-likeness (QED) is 0.746. The first-order valence-electron chi connectivity index (χ1n) is 6.84. The molecule has 0 amide bonds. The summed E-state index contributed by atoms with van der Waals surface area (Å²) in [4.78, 5) is 3.67. The van der Waals surface area contributed by atoms with E-state index in [4.69, 9.17) is 11.3 Å². The molecular weight excluding hydrogens is 236 g/mol. The van der Waals surface area contributed by atoms with Crippen LogP contribution in [0.2, 0.25) is 0 Å². The smallest absolute Gasteiger partial charge is 0.193 e. The van der Waals surface area contributed by atoms with Crippen LogP contribution in [-0.2, 0) is 11.2 Å². The largest absolute Gasteiger partial charge is 0.381 e. The molecule has 0 aliphatic carbocycles. The molecule has 1 aliphatic heterocycles. The molecule has 0 radical (unpaired) electrons. The van der Waals surface area contributed by atoms with Crippen LogP contribution in [-0.4, -0.2) is 17.6 Å². The minimum Gasteiger partial charge on any atom is -0.381 e. The Labute approximate surface area is 113 Å². The molecule has 0 N–H and O–H groups in total. The van der Waals surface area contributed by atoms with Gasteiger partial charge in [-0.05, 0) is 55.9 Å². The van der Waals surface area contributed by atoms with E-state index in [1.807, 2.05) is 6.07 Å². The van der Waals surface area contributed by atoms with Gasteiger partial charge in [0.2, 0.25) is 0 Å². The zero-order valence-corrected chi connectivity index (χ0v) is 11.2. The third-order valence-corrected chi connectivity index (χ3v) is 4.12. The monoisotopic (exact) mass is 254 g/mol. The molecule has 0 saturated carbocycles. The van der Waals surface area contributed by atoms with Gasteiger partial charge in [0.1, 0.15) is 0 Å². The third-order valence-electron chi connectivity index (χ3n) is 4.12. The molecule has 3 heteroatoms. The summed E-state index contributed by atoms with van der Waals surface area (Å²) in [5, 5.41) is 0. The number of hydrogen-bond donors (Lipinski definition) is 0. The molecule has 3 nitrogen and oxygen atoms in total. The van der Waals surface area contributed by atoms with Crippen LogP contribution in [0.25, 0.3) is 10.4 Å². The summed E-state index contributed by atoms with van der Waals surface area (Å²) in [5.41, 5.74) is 4.33. The van der Waals surface area contributed by atoms with Crippen molar-refractivity contribution in [3.8, 4) is 0 Å². The molecule has 3 rings (SSSR count). The molecule has 2 aromatic heterocycles. The molecule has 19 heavy (non-hydrogen) atoms. The van der Waals surface area contributed by atoms with Crippen LogP contribution >= 0.6 is 0 Å². The predicted molar refractivity (Wildman–Crippen MR) is 75.6 cm³/mol. The Morgan fingerprint density at radius 3 is 2.95 bits per heavy atom. The Balaban J connectivity index is 2.02. The van der Waals surface area contributed by atoms with Crippen molar-refractivity contribution in [3.05, 3.63) is 47.1 Å². The van der Waals surface area contributed by atoms with Crippen molar-refractivity contribution in [2.24, 2.45) is 5.92 Å². The topological polar surface area (TPSA) is 18.0 Å². The first-order chi connectivity index (χ1) is 9.29. The molecule has 1 saturated heterocycles. The first kappa shape index (κ1) is 12.3.